The Morgan fingerprint density at radius 2 is 1.80 bits per heavy atom. The lowest BCUT2D eigenvalue weighted by Gasteiger charge is -2.28. The molecule has 164 valence electrons. The number of sulfonamides is 1. The summed E-state index contributed by atoms with van der Waals surface area (Å²) in [4.78, 5) is 14.6. The average Bonchev–Trinajstić information content (AvgIpc) is 2.69. The van der Waals surface area contributed by atoms with E-state index in [0.29, 0.717) is 23.0 Å². The quantitative estimate of drug-likeness (QED) is 0.551. The number of benzene rings is 2. The second kappa shape index (κ2) is 11.1. The minimum atomic E-state index is -3.70. The number of nitrogens with one attached hydrogen (secondary N) is 1. The molecule has 0 unspecified atom stereocenters. The third-order valence-electron chi connectivity index (χ3n) is 4.82. The number of nitrogens with zero attached hydrogens (tertiary/aromatic N) is 1. The van der Waals surface area contributed by atoms with Gasteiger partial charge >= 0.3 is 0 Å². The zero-order chi connectivity index (χ0) is 22.3. The predicted octanol–water partition coefficient (Wildman–Crippen LogP) is 3.77. The largest absolute Gasteiger partial charge is 0.355 e. The van der Waals surface area contributed by atoms with Crippen LogP contribution < -0.4 is 10.5 Å². The van der Waals surface area contributed by atoms with Crippen molar-refractivity contribution in [3.05, 3.63) is 63.6 Å². The lowest BCUT2D eigenvalue weighted by Crippen LogP contribution is -2.39. The Kier molecular flexibility index (Phi) is 9.12. The van der Waals surface area contributed by atoms with Crippen LogP contribution in [0, 0.1) is 0 Å². The average molecular weight is 472 g/mol. The number of nitrogens with two attached hydrogens (primary N) is 1. The van der Waals surface area contributed by atoms with Crippen LogP contribution in [-0.2, 0) is 21.2 Å². The van der Waals surface area contributed by atoms with E-state index in [1.165, 1.54) is 12.1 Å². The van der Waals surface area contributed by atoms with E-state index in [1.54, 1.807) is 18.2 Å². The van der Waals surface area contributed by atoms with Gasteiger partial charge in [-0.25, -0.2) is 13.6 Å². The number of carbonyl (C=O) groups excluding carboxylic acids is 1. The van der Waals surface area contributed by atoms with Crippen molar-refractivity contribution < 1.29 is 13.2 Å². The summed E-state index contributed by atoms with van der Waals surface area (Å²) in [6, 6.07) is 11.9. The number of carbonyl (C=O) groups is 1. The Hall–Kier alpha value is -1.64. The van der Waals surface area contributed by atoms with Gasteiger partial charge in [0.05, 0.1) is 21.5 Å². The van der Waals surface area contributed by atoms with Gasteiger partial charge in [0.2, 0.25) is 15.9 Å². The van der Waals surface area contributed by atoms with Crippen LogP contribution in [-0.4, -0.2) is 38.9 Å². The Labute approximate surface area is 188 Å². The molecule has 0 aliphatic carbocycles. The maximum Gasteiger partial charge on any atom is 0.238 e. The van der Waals surface area contributed by atoms with Gasteiger partial charge in [0.1, 0.15) is 0 Å². The van der Waals surface area contributed by atoms with E-state index >= 15 is 0 Å². The van der Waals surface area contributed by atoms with Gasteiger partial charge in [-0.15, -0.1) is 0 Å². The van der Waals surface area contributed by atoms with Gasteiger partial charge in [0.25, 0.3) is 0 Å². The lowest BCUT2D eigenvalue weighted by atomic mass is 10.1. The van der Waals surface area contributed by atoms with E-state index in [9.17, 15) is 13.2 Å². The second-order valence-electron chi connectivity index (χ2n) is 7.11. The smallest absolute Gasteiger partial charge is 0.238 e. The second-order valence-corrected chi connectivity index (χ2v) is 9.48. The number of hydrogen-bond acceptors (Lipinski definition) is 4. The van der Waals surface area contributed by atoms with Gasteiger partial charge in [-0.05, 0) is 61.7 Å². The molecular formula is C21H27Cl2N3O3S. The summed E-state index contributed by atoms with van der Waals surface area (Å²) >= 11 is 12.1. The SMILES string of the molecule is CCCN(CC(=O)NCCc1ccc(S(N)(=O)=O)cc1)[C@H](C)c1ccc(Cl)c(Cl)c1. The van der Waals surface area contributed by atoms with Gasteiger partial charge in [-0.2, -0.15) is 0 Å². The van der Waals surface area contributed by atoms with E-state index in [0.717, 1.165) is 24.1 Å². The summed E-state index contributed by atoms with van der Waals surface area (Å²) in [5, 5.41) is 9.02. The monoisotopic (exact) mass is 471 g/mol. The topological polar surface area (TPSA) is 92.5 Å². The number of halogens is 2. The first-order chi connectivity index (χ1) is 14.1. The Bertz CT molecular complexity index is 966. The van der Waals surface area contributed by atoms with Gasteiger partial charge in [-0.3, -0.25) is 9.69 Å². The van der Waals surface area contributed by atoms with Gasteiger partial charge in [0.15, 0.2) is 0 Å². The molecular weight excluding hydrogens is 445 g/mol. The number of amides is 1. The predicted molar refractivity (Wildman–Crippen MR) is 121 cm³/mol. The molecule has 0 aliphatic rings. The van der Waals surface area contributed by atoms with Crippen LogP contribution in [0.3, 0.4) is 0 Å². The fourth-order valence-electron chi connectivity index (χ4n) is 3.11. The molecule has 0 fully saturated rings. The van der Waals surface area contributed by atoms with Crippen molar-refractivity contribution in [2.45, 2.75) is 37.6 Å². The van der Waals surface area contributed by atoms with Crippen LogP contribution in [0.25, 0.3) is 0 Å². The summed E-state index contributed by atoms with van der Waals surface area (Å²) < 4.78 is 22.6. The van der Waals surface area contributed by atoms with Crippen molar-refractivity contribution in [3.63, 3.8) is 0 Å². The van der Waals surface area contributed by atoms with Crippen LogP contribution in [0.2, 0.25) is 10.0 Å². The van der Waals surface area contributed by atoms with Crippen molar-refractivity contribution >= 4 is 39.1 Å². The first kappa shape index (κ1) is 24.6. The first-order valence-electron chi connectivity index (χ1n) is 9.69. The van der Waals surface area contributed by atoms with E-state index in [4.69, 9.17) is 28.3 Å². The van der Waals surface area contributed by atoms with E-state index < -0.39 is 10.0 Å². The van der Waals surface area contributed by atoms with Crippen LogP contribution in [0.5, 0.6) is 0 Å². The van der Waals surface area contributed by atoms with Crippen LogP contribution in [0.4, 0.5) is 0 Å². The van der Waals surface area contributed by atoms with Gasteiger partial charge in [-0.1, -0.05) is 48.3 Å². The van der Waals surface area contributed by atoms with Crippen molar-refractivity contribution in [1.29, 1.82) is 0 Å². The maximum absolute atomic E-state index is 12.5. The molecule has 0 bridgehead atoms. The van der Waals surface area contributed by atoms with Crippen LogP contribution in [0.1, 0.15) is 37.4 Å². The molecule has 0 heterocycles. The van der Waals surface area contributed by atoms with E-state index in [-0.39, 0.29) is 23.4 Å². The fourth-order valence-corrected chi connectivity index (χ4v) is 3.93. The van der Waals surface area contributed by atoms with Crippen molar-refractivity contribution in [3.8, 4) is 0 Å². The minimum Gasteiger partial charge on any atom is -0.355 e. The van der Waals surface area contributed by atoms with Gasteiger partial charge in [0, 0.05) is 12.6 Å². The first-order valence-corrected chi connectivity index (χ1v) is 12.0. The van der Waals surface area contributed by atoms with Gasteiger partial charge < -0.3 is 5.32 Å². The molecule has 0 aromatic heterocycles. The van der Waals surface area contributed by atoms with Crippen molar-refractivity contribution in [1.82, 2.24) is 10.2 Å². The summed E-state index contributed by atoms with van der Waals surface area (Å²) in [5.41, 5.74) is 1.91. The van der Waals surface area contributed by atoms with E-state index in [2.05, 4.69) is 17.1 Å². The molecule has 9 heteroatoms. The van der Waals surface area contributed by atoms with E-state index in [1.807, 2.05) is 19.1 Å². The van der Waals surface area contributed by atoms with Crippen LogP contribution in [0.15, 0.2) is 47.4 Å². The molecule has 30 heavy (non-hydrogen) atoms. The summed E-state index contributed by atoms with van der Waals surface area (Å²) in [6.45, 7) is 5.59. The normalized spacial score (nSPS) is 12.7. The highest BCUT2D eigenvalue weighted by molar-refractivity contribution is 7.89. The molecule has 0 saturated heterocycles. The molecule has 0 saturated carbocycles. The lowest BCUT2D eigenvalue weighted by molar-refractivity contribution is -0.122. The molecule has 1 amide bonds. The number of hydrogen-bond donors (Lipinski definition) is 2. The highest BCUT2D eigenvalue weighted by Crippen LogP contribution is 2.28. The Morgan fingerprint density at radius 1 is 1.13 bits per heavy atom. The number of rotatable bonds is 10. The Morgan fingerprint density at radius 3 is 2.37 bits per heavy atom. The third kappa shape index (κ3) is 7.25. The zero-order valence-electron chi connectivity index (χ0n) is 17.1. The van der Waals surface area contributed by atoms with Crippen LogP contribution >= 0.6 is 23.2 Å². The number of primary sulfonamides is 1. The highest BCUT2D eigenvalue weighted by atomic mass is 35.5. The molecule has 1 atom stereocenters. The van der Waals surface area contributed by atoms with Crippen molar-refractivity contribution in [2.75, 3.05) is 19.6 Å². The zero-order valence-corrected chi connectivity index (χ0v) is 19.4. The molecule has 0 aliphatic heterocycles. The molecule has 3 N–H and O–H groups in total. The summed E-state index contributed by atoms with van der Waals surface area (Å²) in [5.74, 6) is -0.0727. The third-order valence-corrected chi connectivity index (χ3v) is 6.49. The Balaban J connectivity index is 1.91. The standard InChI is InChI=1S/C21H27Cl2N3O3S/c1-3-12-26(15(2)17-6-9-19(22)20(23)13-17)14-21(27)25-11-10-16-4-7-18(8-5-16)30(24,28)29/h4-9,13,15H,3,10-12,14H2,1-2H3,(H,25,27)(H2,24,28,29)/t15-/m1/s1. The molecule has 6 nitrogen and oxygen atoms in total. The highest BCUT2D eigenvalue weighted by Gasteiger charge is 2.19. The van der Waals surface area contributed by atoms with Crippen molar-refractivity contribution in [2.24, 2.45) is 5.14 Å². The molecule has 2 aromatic carbocycles. The summed E-state index contributed by atoms with van der Waals surface area (Å²) in [7, 11) is -3.70. The maximum atomic E-state index is 12.5. The molecule has 2 rings (SSSR count). The molecule has 0 spiro atoms. The molecule has 0 radical (unpaired) electrons. The fraction of sp³-hybridized carbons (Fsp3) is 0.381. The molecule has 2 aromatic rings. The minimum absolute atomic E-state index is 0.0104. The summed E-state index contributed by atoms with van der Waals surface area (Å²) in [6.07, 6.45) is 1.50.